The number of rotatable bonds is 3. The van der Waals surface area contributed by atoms with Gasteiger partial charge in [0.2, 0.25) is 0 Å². The van der Waals surface area contributed by atoms with E-state index in [9.17, 15) is 4.79 Å². The Labute approximate surface area is 154 Å². The molecule has 0 unspecified atom stereocenters. The van der Waals surface area contributed by atoms with Gasteiger partial charge in [0.25, 0.3) is 0 Å². The van der Waals surface area contributed by atoms with Crippen LogP contribution >= 0.6 is 55.4 Å². The first kappa shape index (κ1) is 17.4. The van der Waals surface area contributed by atoms with Crippen molar-refractivity contribution in [3.8, 4) is 0 Å². The fourth-order valence-corrected chi connectivity index (χ4v) is 4.04. The highest BCUT2D eigenvalue weighted by atomic mass is 79.9. The third-order valence-electron chi connectivity index (χ3n) is 2.67. The van der Waals surface area contributed by atoms with Crippen molar-refractivity contribution in [2.24, 2.45) is 0 Å². The maximum Gasteiger partial charge on any atom is 0.340 e. The van der Waals surface area contributed by atoms with Crippen LogP contribution in [0.1, 0.15) is 15.2 Å². The quantitative estimate of drug-likeness (QED) is 0.485. The van der Waals surface area contributed by atoms with Crippen LogP contribution in [0.15, 0.2) is 33.2 Å². The van der Waals surface area contributed by atoms with Gasteiger partial charge in [-0.2, -0.15) is 0 Å². The van der Waals surface area contributed by atoms with Crippen LogP contribution in [0.3, 0.4) is 0 Å². The average molecular weight is 464 g/mol. The molecule has 0 saturated heterocycles. The van der Waals surface area contributed by atoms with Crippen molar-refractivity contribution >= 4 is 77.2 Å². The highest BCUT2D eigenvalue weighted by Crippen LogP contribution is 2.29. The summed E-state index contributed by atoms with van der Waals surface area (Å²) in [7, 11) is 1.36. The third kappa shape index (κ3) is 4.28. The first-order chi connectivity index (χ1) is 10.4. The molecule has 0 aliphatic heterocycles. The van der Waals surface area contributed by atoms with Gasteiger partial charge in [0, 0.05) is 13.8 Å². The van der Waals surface area contributed by atoms with E-state index in [-0.39, 0.29) is 5.97 Å². The molecule has 116 valence electrons. The van der Waals surface area contributed by atoms with Gasteiger partial charge in [0.15, 0.2) is 5.11 Å². The lowest BCUT2D eigenvalue weighted by Crippen LogP contribution is -2.20. The second-order valence-corrected chi connectivity index (χ2v) is 7.73. The lowest BCUT2D eigenvalue weighted by atomic mass is 10.3. The number of thiophene rings is 1. The number of nitrogens with one attached hydrogen (secondary N) is 2. The minimum atomic E-state index is -0.389. The van der Waals surface area contributed by atoms with Gasteiger partial charge >= 0.3 is 5.97 Å². The number of hydrogen-bond donors (Lipinski definition) is 2. The Bertz CT molecular complexity index is 732. The number of esters is 1. The van der Waals surface area contributed by atoms with E-state index in [0.29, 0.717) is 15.7 Å². The minimum absolute atomic E-state index is 0.389. The van der Waals surface area contributed by atoms with Crippen LogP contribution < -0.4 is 10.6 Å². The van der Waals surface area contributed by atoms with Gasteiger partial charge in [-0.05, 0) is 59.3 Å². The molecule has 2 rings (SSSR count). The summed E-state index contributed by atoms with van der Waals surface area (Å²) >= 11 is 13.6. The molecule has 1 aromatic heterocycles. The van der Waals surface area contributed by atoms with E-state index in [1.807, 2.05) is 25.1 Å². The van der Waals surface area contributed by atoms with E-state index in [2.05, 4.69) is 42.5 Å². The normalized spacial score (nSPS) is 10.2. The fraction of sp³-hybridized carbons (Fsp3) is 0.143. The van der Waals surface area contributed by atoms with Crippen molar-refractivity contribution in [3.05, 3.63) is 43.7 Å². The molecule has 22 heavy (non-hydrogen) atoms. The number of thiocarbonyl (C=S) groups is 1. The van der Waals surface area contributed by atoms with Crippen LogP contribution in [0.5, 0.6) is 0 Å². The molecule has 2 aromatic rings. The summed E-state index contributed by atoms with van der Waals surface area (Å²) in [6.07, 6.45) is 0. The fourth-order valence-electron chi connectivity index (χ4n) is 1.72. The molecule has 0 saturated carbocycles. The molecule has 1 aromatic carbocycles. The molecule has 0 bridgehead atoms. The van der Waals surface area contributed by atoms with E-state index in [1.165, 1.54) is 18.4 Å². The highest BCUT2D eigenvalue weighted by molar-refractivity contribution is 9.11. The molecule has 0 atom stereocenters. The maximum absolute atomic E-state index is 11.7. The molecule has 0 aliphatic carbocycles. The second-order valence-electron chi connectivity index (χ2n) is 4.29. The predicted octanol–water partition coefficient (Wildman–Crippen LogP) is 5.18. The van der Waals surface area contributed by atoms with Gasteiger partial charge in [-0.25, -0.2) is 4.79 Å². The van der Waals surface area contributed by atoms with Crippen LogP contribution in [0.4, 0.5) is 10.7 Å². The zero-order valence-electron chi connectivity index (χ0n) is 11.7. The Hall–Kier alpha value is -0.960. The van der Waals surface area contributed by atoms with Crippen LogP contribution in [-0.2, 0) is 4.74 Å². The topological polar surface area (TPSA) is 50.4 Å². The monoisotopic (exact) mass is 462 g/mol. The molecular formula is C14H12Br2N2O2S2. The van der Waals surface area contributed by atoms with Crippen LogP contribution in [0.2, 0.25) is 0 Å². The average Bonchev–Trinajstić information content (AvgIpc) is 2.81. The van der Waals surface area contributed by atoms with Crippen LogP contribution in [0.25, 0.3) is 0 Å². The Morgan fingerprint density at radius 2 is 2.00 bits per heavy atom. The maximum atomic E-state index is 11.7. The number of benzene rings is 1. The van der Waals surface area contributed by atoms with E-state index in [4.69, 9.17) is 17.0 Å². The van der Waals surface area contributed by atoms with Crippen molar-refractivity contribution in [2.75, 3.05) is 17.7 Å². The number of ether oxygens (including phenoxy) is 1. The summed E-state index contributed by atoms with van der Waals surface area (Å²) in [5.41, 5.74) is 1.30. The number of hydrogen-bond acceptors (Lipinski definition) is 4. The van der Waals surface area contributed by atoms with Gasteiger partial charge in [0.1, 0.15) is 5.00 Å². The summed E-state index contributed by atoms with van der Waals surface area (Å²) in [4.78, 5) is 12.7. The molecule has 0 radical (unpaired) electrons. The molecule has 4 nitrogen and oxygen atoms in total. The standard InChI is InChI=1S/C14H12Br2N2O2S2/c1-7-5-9(13(19)20-2)12(22-7)18-14(21)17-11-4-3-8(15)6-10(11)16/h3-6H,1-2H3,(H2,17,18,21). The van der Waals surface area contributed by atoms with Gasteiger partial charge in [-0.15, -0.1) is 11.3 Å². The van der Waals surface area contributed by atoms with Crippen LogP contribution in [-0.4, -0.2) is 18.2 Å². The number of methoxy groups -OCH3 is 1. The van der Waals surface area contributed by atoms with E-state index in [0.717, 1.165) is 19.5 Å². The Balaban J connectivity index is 2.14. The van der Waals surface area contributed by atoms with Gasteiger partial charge in [0.05, 0.1) is 18.4 Å². The molecule has 0 aliphatic rings. The van der Waals surface area contributed by atoms with E-state index >= 15 is 0 Å². The second kappa shape index (κ2) is 7.54. The first-order valence-corrected chi connectivity index (χ1v) is 8.93. The first-order valence-electron chi connectivity index (χ1n) is 6.12. The molecular weight excluding hydrogens is 452 g/mol. The predicted molar refractivity (Wildman–Crippen MR) is 102 cm³/mol. The van der Waals surface area contributed by atoms with E-state index in [1.54, 1.807) is 6.07 Å². The van der Waals surface area contributed by atoms with Gasteiger partial charge < -0.3 is 15.4 Å². The smallest absolute Gasteiger partial charge is 0.340 e. The van der Waals surface area contributed by atoms with Crippen molar-refractivity contribution < 1.29 is 9.53 Å². The summed E-state index contributed by atoms with van der Waals surface area (Å²) in [5.74, 6) is -0.389. The van der Waals surface area contributed by atoms with Crippen molar-refractivity contribution in [3.63, 3.8) is 0 Å². The van der Waals surface area contributed by atoms with Crippen LogP contribution in [0, 0.1) is 6.92 Å². The van der Waals surface area contributed by atoms with Crippen molar-refractivity contribution in [1.82, 2.24) is 0 Å². The Morgan fingerprint density at radius 1 is 1.27 bits per heavy atom. The van der Waals surface area contributed by atoms with Crippen molar-refractivity contribution in [1.29, 1.82) is 0 Å². The van der Waals surface area contributed by atoms with E-state index < -0.39 is 0 Å². The number of anilines is 2. The molecule has 0 amide bonds. The number of carbonyl (C=O) groups excluding carboxylic acids is 1. The zero-order valence-corrected chi connectivity index (χ0v) is 16.5. The molecule has 1 heterocycles. The van der Waals surface area contributed by atoms with Crippen molar-refractivity contribution in [2.45, 2.75) is 6.92 Å². The zero-order chi connectivity index (χ0) is 16.3. The number of aryl methyl sites for hydroxylation is 1. The SMILES string of the molecule is COC(=O)c1cc(C)sc1NC(=S)Nc1ccc(Br)cc1Br. The summed E-state index contributed by atoms with van der Waals surface area (Å²) in [6.45, 7) is 1.92. The molecule has 2 N–H and O–H groups in total. The lowest BCUT2D eigenvalue weighted by molar-refractivity contribution is 0.0602. The summed E-state index contributed by atoms with van der Waals surface area (Å²) < 4.78 is 6.61. The van der Waals surface area contributed by atoms with Gasteiger partial charge in [-0.3, -0.25) is 0 Å². The largest absolute Gasteiger partial charge is 0.465 e. The molecule has 8 heteroatoms. The number of carbonyl (C=O) groups is 1. The van der Waals surface area contributed by atoms with Gasteiger partial charge in [-0.1, -0.05) is 15.9 Å². The lowest BCUT2D eigenvalue weighted by Gasteiger charge is -2.12. The minimum Gasteiger partial charge on any atom is -0.465 e. The summed E-state index contributed by atoms with van der Waals surface area (Å²) in [5, 5.41) is 7.19. The summed E-state index contributed by atoms with van der Waals surface area (Å²) in [6, 6.07) is 7.49. The number of halogens is 2. The molecule has 0 spiro atoms. The Kier molecular flexibility index (Phi) is 5.96. The molecule has 0 fully saturated rings. The Morgan fingerprint density at radius 3 is 2.64 bits per heavy atom. The third-order valence-corrected chi connectivity index (χ3v) is 4.99. The highest BCUT2D eigenvalue weighted by Gasteiger charge is 2.16.